The van der Waals surface area contributed by atoms with Crippen LogP contribution in [0.25, 0.3) is 11.3 Å². The minimum Gasteiger partial charge on any atom is -0.290 e. The Bertz CT molecular complexity index is 1300. The smallest absolute Gasteiger partial charge is 0.258 e. The van der Waals surface area contributed by atoms with Crippen molar-refractivity contribution in [1.29, 1.82) is 0 Å². The number of amides is 1. The Morgan fingerprint density at radius 3 is 2.34 bits per heavy atom. The first-order chi connectivity index (χ1) is 15.4. The van der Waals surface area contributed by atoms with Gasteiger partial charge in [-0.1, -0.05) is 40.9 Å². The van der Waals surface area contributed by atoms with Crippen LogP contribution in [0.5, 0.6) is 0 Å². The number of aromatic nitrogens is 2. The lowest BCUT2D eigenvalue weighted by molar-refractivity contribution is 0.102. The van der Waals surface area contributed by atoms with Crippen molar-refractivity contribution in [2.75, 3.05) is 5.32 Å². The molecule has 0 unspecified atom stereocenters. The van der Waals surface area contributed by atoms with Gasteiger partial charge in [0.2, 0.25) is 5.95 Å². The third-order valence-electron chi connectivity index (χ3n) is 4.44. The molecule has 1 amide bonds. The third kappa shape index (κ3) is 5.16. The minimum absolute atomic E-state index is 0.172. The van der Waals surface area contributed by atoms with Crippen LogP contribution in [-0.2, 0) is 0 Å². The van der Waals surface area contributed by atoms with Crippen molar-refractivity contribution in [3.63, 3.8) is 0 Å². The van der Waals surface area contributed by atoms with Crippen LogP contribution < -0.4 is 5.32 Å². The van der Waals surface area contributed by atoms with E-state index in [0.717, 1.165) is 0 Å². The van der Waals surface area contributed by atoms with Crippen LogP contribution in [0.1, 0.15) is 15.9 Å². The van der Waals surface area contributed by atoms with Crippen molar-refractivity contribution < 1.29 is 9.18 Å². The van der Waals surface area contributed by atoms with E-state index < -0.39 is 0 Å². The first-order valence-corrected chi connectivity index (χ1v) is 10.4. The van der Waals surface area contributed by atoms with Gasteiger partial charge in [-0.2, -0.15) is 5.10 Å². The van der Waals surface area contributed by atoms with Gasteiger partial charge in [0.25, 0.3) is 5.91 Å². The lowest BCUT2D eigenvalue weighted by atomic mass is 10.2. The number of hydrogen-bond donors (Lipinski definition) is 1. The summed E-state index contributed by atoms with van der Waals surface area (Å²) in [5.74, 6) is -0.579. The third-order valence-corrected chi connectivity index (χ3v) is 5.26. The SMILES string of the molecule is O=C(Nc1nc(-c2ccc(F)cc2)cn1/N=C\c1ccc(Cl)cc1Cl)c1ccc(Cl)cc1. The Morgan fingerprint density at radius 2 is 1.66 bits per heavy atom. The van der Waals surface area contributed by atoms with Gasteiger partial charge in [0.05, 0.1) is 23.1 Å². The molecular weight excluding hydrogens is 474 g/mol. The summed E-state index contributed by atoms with van der Waals surface area (Å²) in [7, 11) is 0. The summed E-state index contributed by atoms with van der Waals surface area (Å²) in [6, 6.07) is 17.3. The number of rotatable bonds is 5. The zero-order chi connectivity index (χ0) is 22.7. The van der Waals surface area contributed by atoms with Gasteiger partial charge in [-0.05, 0) is 60.7 Å². The monoisotopic (exact) mass is 486 g/mol. The van der Waals surface area contributed by atoms with E-state index in [9.17, 15) is 9.18 Å². The molecule has 1 N–H and O–H groups in total. The Kier molecular flexibility index (Phi) is 6.55. The normalized spacial score (nSPS) is 11.1. The van der Waals surface area contributed by atoms with Crippen molar-refractivity contribution in [2.24, 2.45) is 5.10 Å². The molecule has 0 spiro atoms. The number of carbonyl (C=O) groups excluding carboxylic acids is 1. The fraction of sp³-hybridized carbons (Fsp3) is 0. The van der Waals surface area contributed by atoms with E-state index in [4.69, 9.17) is 34.8 Å². The summed E-state index contributed by atoms with van der Waals surface area (Å²) in [6.07, 6.45) is 3.14. The van der Waals surface area contributed by atoms with Crippen LogP contribution in [-0.4, -0.2) is 21.8 Å². The van der Waals surface area contributed by atoms with Crippen molar-refractivity contribution in [1.82, 2.24) is 9.66 Å². The van der Waals surface area contributed by atoms with E-state index in [-0.39, 0.29) is 17.7 Å². The number of carbonyl (C=O) groups is 1. The van der Waals surface area contributed by atoms with E-state index in [2.05, 4.69) is 15.4 Å². The van der Waals surface area contributed by atoms with Gasteiger partial charge in [0.1, 0.15) is 5.82 Å². The van der Waals surface area contributed by atoms with Crippen molar-refractivity contribution in [3.05, 3.63) is 105 Å². The second kappa shape index (κ2) is 9.53. The zero-order valence-corrected chi connectivity index (χ0v) is 18.5. The average molecular weight is 488 g/mol. The minimum atomic E-state index is -0.390. The van der Waals surface area contributed by atoms with Gasteiger partial charge < -0.3 is 0 Å². The highest BCUT2D eigenvalue weighted by atomic mass is 35.5. The molecule has 160 valence electrons. The maximum atomic E-state index is 13.3. The molecule has 0 aliphatic heterocycles. The van der Waals surface area contributed by atoms with E-state index in [0.29, 0.717) is 37.5 Å². The summed E-state index contributed by atoms with van der Waals surface area (Å²) < 4.78 is 14.7. The summed E-state index contributed by atoms with van der Waals surface area (Å²) in [5, 5.41) is 8.57. The molecule has 32 heavy (non-hydrogen) atoms. The molecule has 0 saturated carbocycles. The molecule has 0 aliphatic carbocycles. The number of anilines is 1. The Hall–Kier alpha value is -3.19. The van der Waals surface area contributed by atoms with Gasteiger partial charge in [0.15, 0.2) is 0 Å². The summed E-state index contributed by atoms with van der Waals surface area (Å²) in [4.78, 5) is 17.1. The van der Waals surface area contributed by atoms with Gasteiger partial charge in [-0.3, -0.25) is 10.1 Å². The second-order valence-electron chi connectivity index (χ2n) is 6.67. The molecule has 1 heterocycles. The molecule has 0 fully saturated rings. The van der Waals surface area contributed by atoms with Crippen LogP contribution in [0, 0.1) is 5.82 Å². The zero-order valence-electron chi connectivity index (χ0n) is 16.3. The molecule has 0 aliphatic rings. The first kappa shape index (κ1) is 22.0. The molecule has 0 atom stereocenters. The molecular formula is C23H14Cl3FN4O. The fourth-order valence-electron chi connectivity index (χ4n) is 2.81. The Labute approximate surface area is 198 Å². The highest BCUT2D eigenvalue weighted by Crippen LogP contribution is 2.23. The van der Waals surface area contributed by atoms with Crippen LogP contribution >= 0.6 is 34.8 Å². The molecule has 1 aromatic heterocycles. The molecule has 5 nitrogen and oxygen atoms in total. The van der Waals surface area contributed by atoms with Crippen molar-refractivity contribution in [2.45, 2.75) is 0 Å². The summed E-state index contributed by atoms with van der Waals surface area (Å²) in [5.41, 5.74) is 2.18. The maximum Gasteiger partial charge on any atom is 0.258 e. The van der Waals surface area contributed by atoms with E-state index in [1.165, 1.54) is 23.0 Å². The average Bonchev–Trinajstić information content (AvgIpc) is 3.16. The molecule has 4 aromatic rings. The number of benzene rings is 3. The van der Waals surface area contributed by atoms with Crippen molar-refractivity contribution in [3.8, 4) is 11.3 Å². The van der Waals surface area contributed by atoms with Crippen LogP contribution in [0.15, 0.2) is 78.0 Å². The number of halogens is 4. The van der Waals surface area contributed by atoms with Crippen LogP contribution in [0.4, 0.5) is 10.3 Å². The van der Waals surface area contributed by atoms with E-state index >= 15 is 0 Å². The predicted molar refractivity (Wildman–Crippen MR) is 126 cm³/mol. The van der Waals surface area contributed by atoms with Crippen LogP contribution in [0.3, 0.4) is 0 Å². The highest BCUT2D eigenvalue weighted by molar-refractivity contribution is 6.36. The molecule has 4 rings (SSSR count). The maximum absolute atomic E-state index is 13.3. The molecule has 0 radical (unpaired) electrons. The summed E-state index contributed by atoms with van der Waals surface area (Å²) >= 11 is 18.0. The quantitative estimate of drug-likeness (QED) is 0.315. The molecule has 0 saturated heterocycles. The lowest BCUT2D eigenvalue weighted by Crippen LogP contribution is -2.14. The standard InChI is InChI=1S/C23H14Cl3FN4O/c24-17-6-1-15(2-7-17)22(32)30-23-29-21(14-4-9-19(27)10-5-14)13-31(23)28-12-16-3-8-18(25)11-20(16)26/h1-13H,(H,29,30,32)/b28-12-. The first-order valence-electron chi connectivity index (χ1n) is 9.31. The Morgan fingerprint density at radius 1 is 0.969 bits per heavy atom. The summed E-state index contributed by atoms with van der Waals surface area (Å²) in [6.45, 7) is 0. The fourth-order valence-corrected chi connectivity index (χ4v) is 3.39. The van der Waals surface area contributed by atoms with Gasteiger partial charge in [0, 0.05) is 26.7 Å². The number of imidazole rings is 1. The van der Waals surface area contributed by atoms with Crippen LogP contribution in [0.2, 0.25) is 15.1 Å². The molecule has 9 heteroatoms. The van der Waals surface area contributed by atoms with Gasteiger partial charge in [-0.25, -0.2) is 14.1 Å². The molecule has 3 aromatic carbocycles. The number of nitrogens with one attached hydrogen (secondary N) is 1. The van der Waals surface area contributed by atoms with Gasteiger partial charge in [-0.15, -0.1) is 0 Å². The van der Waals surface area contributed by atoms with Gasteiger partial charge >= 0.3 is 0 Å². The predicted octanol–water partition coefficient (Wildman–Crippen LogP) is 6.78. The van der Waals surface area contributed by atoms with Crippen molar-refractivity contribution >= 4 is 52.9 Å². The highest BCUT2D eigenvalue weighted by Gasteiger charge is 2.14. The lowest BCUT2D eigenvalue weighted by Gasteiger charge is -2.05. The second-order valence-corrected chi connectivity index (χ2v) is 7.95. The largest absolute Gasteiger partial charge is 0.290 e. The molecule has 0 bridgehead atoms. The Balaban J connectivity index is 1.69. The number of nitrogens with zero attached hydrogens (tertiary/aromatic N) is 3. The number of hydrogen-bond acceptors (Lipinski definition) is 3. The van der Waals surface area contributed by atoms with E-state index in [1.54, 1.807) is 60.8 Å². The topological polar surface area (TPSA) is 59.3 Å². The van der Waals surface area contributed by atoms with E-state index in [1.807, 2.05) is 0 Å².